The van der Waals surface area contributed by atoms with Crippen molar-refractivity contribution in [2.75, 3.05) is 39.3 Å². The minimum Gasteiger partial charge on any atom is -0.497 e. The number of ether oxygens (including phenoxy) is 4. The lowest BCUT2D eigenvalue weighted by atomic mass is 10.1. The van der Waals surface area contributed by atoms with E-state index >= 15 is 0 Å². The SMILES string of the molecule is CC[C@H](C(=O)NC1CCCC1)N(Cc1ccc(F)cc1)C(=O)CN(c1cc(OC)ccc1OC)S(=O)(=O)c1ccc(OC)c(OC)c1. The highest BCUT2D eigenvalue weighted by atomic mass is 32.2. The molecule has 1 fully saturated rings. The summed E-state index contributed by atoms with van der Waals surface area (Å²) in [6.45, 7) is 1.02. The average Bonchev–Trinajstić information content (AvgIpc) is 3.60. The largest absolute Gasteiger partial charge is 0.497 e. The number of carbonyl (C=O) groups is 2. The number of hydrogen-bond donors (Lipinski definition) is 1. The van der Waals surface area contributed by atoms with E-state index in [9.17, 15) is 22.4 Å². The first-order valence-corrected chi connectivity index (χ1v) is 16.8. The van der Waals surface area contributed by atoms with E-state index < -0.39 is 34.3 Å². The van der Waals surface area contributed by atoms with Crippen LogP contribution in [0.4, 0.5) is 10.1 Å². The van der Waals surface area contributed by atoms with E-state index in [1.54, 1.807) is 13.0 Å². The molecule has 0 spiro atoms. The Bertz CT molecular complexity index is 1650. The first-order chi connectivity index (χ1) is 22.6. The topological polar surface area (TPSA) is 124 Å². The molecular weight excluding hydrogens is 629 g/mol. The maximum Gasteiger partial charge on any atom is 0.265 e. The molecule has 2 amide bonds. The highest BCUT2D eigenvalue weighted by Crippen LogP contribution is 2.38. The molecule has 0 heterocycles. The molecule has 1 saturated carbocycles. The number of sulfonamides is 1. The number of hydrogen-bond acceptors (Lipinski definition) is 8. The van der Waals surface area contributed by atoms with Crippen LogP contribution in [0.5, 0.6) is 23.0 Å². The first kappa shape index (κ1) is 35.3. The molecule has 0 bridgehead atoms. The van der Waals surface area contributed by atoms with Crippen LogP contribution in [0.1, 0.15) is 44.6 Å². The Balaban J connectivity index is 1.81. The van der Waals surface area contributed by atoms with Gasteiger partial charge in [0.05, 0.1) is 39.0 Å². The Morgan fingerprint density at radius 3 is 2.11 bits per heavy atom. The van der Waals surface area contributed by atoms with Crippen LogP contribution < -0.4 is 28.6 Å². The van der Waals surface area contributed by atoms with Gasteiger partial charge < -0.3 is 29.2 Å². The fourth-order valence-electron chi connectivity index (χ4n) is 5.68. The highest BCUT2D eigenvalue weighted by molar-refractivity contribution is 7.92. The summed E-state index contributed by atoms with van der Waals surface area (Å²) >= 11 is 0. The highest BCUT2D eigenvalue weighted by Gasteiger charge is 2.36. The Morgan fingerprint density at radius 2 is 1.51 bits per heavy atom. The molecule has 254 valence electrons. The van der Waals surface area contributed by atoms with Gasteiger partial charge in [0, 0.05) is 24.7 Å². The Morgan fingerprint density at radius 1 is 0.872 bits per heavy atom. The molecule has 1 atom stereocenters. The van der Waals surface area contributed by atoms with Gasteiger partial charge in [-0.15, -0.1) is 0 Å². The van der Waals surface area contributed by atoms with Gasteiger partial charge in [-0.3, -0.25) is 13.9 Å². The lowest BCUT2D eigenvalue weighted by molar-refractivity contribution is -0.140. The Hall–Kier alpha value is -4.52. The van der Waals surface area contributed by atoms with Gasteiger partial charge >= 0.3 is 0 Å². The number of benzene rings is 3. The molecular formula is C34H42FN3O8S. The smallest absolute Gasteiger partial charge is 0.265 e. The molecule has 3 aromatic carbocycles. The summed E-state index contributed by atoms with van der Waals surface area (Å²) in [5.41, 5.74) is 0.611. The van der Waals surface area contributed by atoms with Crippen LogP contribution in [0.15, 0.2) is 65.6 Å². The number of rotatable bonds is 15. The van der Waals surface area contributed by atoms with Crippen LogP contribution in [0.3, 0.4) is 0 Å². The van der Waals surface area contributed by atoms with E-state index in [0.717, 1.165) is 30.0 Å². The van der Waals surface area contributed by atoms with Crippen molar-refractivity contribution < 1.29 is 41.3 Å². The second kappa shape index (κ2) is 15.9. The second-order valence-corrected chi connectivity index (χ2v) is 13.0. The standard InChI is InChI=1S/C34H42FN3O8S/c1-6-28(34(40)36-25-9-7-8-10-25)37(21-23-11-13-24(35)14-12-23)33(39)22-38(29-19-26(43-2)15-17-30(29)44-3)47(41,42)27-16-18-31(45-4)32(20-27)46-5/h11-20,25,28H,6-10,21-22H2,1-5H3,(H,36,40)/t28-/m1/s1. The van der Waals surface area contributed by atoms with E-state index in [0.29, 0.717) is 17.1 Å². The van der Waals surface area contributed by atoms with Crippen molar-refractivity contribution in [2.24, 2.45) is 0 Å². The molecule has 13 heteroatoms. The molecule has 1 N–H and O–H groups in total. The molecule has 4 rings (SSSR count). The third-order valence-electron chi connectivity index (χ3n) is 8.23. The summed E-state index contributed by atoms with van der Waals surface area (Å²) in [5.74, 6) is -0.456. The molecule has 1 aliphatic carbocycles. The number of nitrogens with one attached hydrogen (secondary N) is 1. The van der Waals surface area contributed by atoms with Crippen molar-refractivity contribution in [2.45, 2.75) is 62.6 Å². The minimum atomic E-state index is -4.48. The second-order valence-electron chi connectivity index (χ2n) is 11.1. The number of methoxy groups -OCH3 is 4. The lowest BCUT2D eigenvalue weighted by Crippen LogP contribution is -2.53. The summed E-state index contributed by atoms with van der Waals surface area (Å²) in [4.78, 5) is 29.3. The molecule has 47 heavy (non-hydrogen) atoms. The molecule has 0 unspecified atom stereocenters. The fourth-order valence-corrected chi connectivity index (χ4v) is 7.12. The van der Waals surface area contributed by atoms with Crippen molar-refractivity contribution in [3.8, 4) is 23.0 Å². The zero-order valence-corrected chi connectivity index (χ0v) is 28.1. The first-order valence-electron chi connectivity index (χ1n) is 15.4. The molecule has 0 saturated heterocycles. The van der Waals surface area contributed by atoms with Crippen LogP contribution in [0, 0.1) is 5.82 Å². The number of nitrogens with zero attached hydrogens (tertiary/aromatic N) is 2. The maximum atomic E-state index is 14.5. The van der Waals surface area contributed by atoms with Crippen LogP contribution in [0.25, 0.3) is 0 Å². The van der Waals surface area contributed by atoms with Crippen LogP contribution >= 0.6 is 0 Å². The van der Waals surface area contributed by atoms with E-state index in [1.807, 2.05) is 0 Å². The fraction of sp³-hybridized carbons (Fsp3) is 0.412. The summed E-state index contributed by atoms with van der Waals surface area (Å²) in [6.07, 6.45) is 3.97. The zero-order chi connectivity index (χ0) is 34.1. The van der Waals surface area contributed by atoms with Crippen LogP contribution in [0.2, 0.25) is 0 Å². The normalized spacial score (nSPS) is 13.8. The molecule has 0 radical (unpaired) electrons. The van der Waals surface area contributed by atoms with E-state index in [-0.39, 0.29) is 47.0 Å². The average molecular weight is 672 g/mol. The van der Waals surface area contributed by atoms with Crippen molar-refractivity contribution in [3.63, 3.8) is 0 Å². The van der Waals surface area contributed by atoms with E-state index in [2.05, 4.69) is 5.32 Å². The van der Waals surface area contributed by atoms with Gasteiger partial charge in [-0.2, -0.15) is 0 Å². The van der Waals surface area contributed by atoms with Gasteiger partial charge in [-0.05, 0) is 61.2 Å². The van der Waals surface area contributed by atoms with Gasteiger partial charge in [0.15, 0.2) is 11.5 Å². The van der Waals surface area contributed by atoms with Crippen LogP contribution in [-0.2, 0) is 26.2 Å². The maximum absolute atomic E-state index is 14.5. The predicted octanol–water partition coefficient (Wildman–Crippen LogP) is 4.92. The van der Waals surface area contributed by atoms with Gasteiger partial charge in [-0.1, -0.05) is 31.9 Å². The van der Waals surface area contributed by atoms with Crippen LogP contribution in [-0.4, -0.2) is 72.2 Å². The minimum absolute atomic E-state index is 0.00213. The summed E-state index contributed by atoms with van der Waals surface area (Å²) < 4.78 is 65.2. The van der Waals surface area contributed by atoms with Crippen molar-refractivity contribution >= 4 is 27.5 Å². The number of amides is 2. The summed E-state index contributed by atoms with van der Waals surface area (Å²) in [7, 11) is 1.15. The number of anilines is 1. The van der Waals surface area contributed by atoms with Gasteiger partial charge in [0.2, 0.25) is 11.8 Å². The Labute approximate surface area is 275 Å². The molecule has 1 aliphatic rings. The molecule has 0 aliphatic heterocycles. The third kappa shape index (κ3) is 8.26. The third-order valence-corrected chi connectivity index (χ3v) is 9.99. The number of carbonyl (C=O) groups excluding carboxylic acids is 2. The zero-order valence-electron chi connectivity index (χ0n) is 27.3. The van der Waals surface area contributed by atoms with Gasteiger partial charge in [0.25, 0.3) is 10.0 Å². The van der Waals surface area contributed by atoms with Crippen molar-refractivity contribution in [1.29, 1.82) is 0 Å². The number of halogens is 1. The quantitative estimate of drug-likeness (QED) is 0.242. The van der Waals surface area contributed by atoms with Crippen molar-refractivity contribution in [3.05, 3.63) is 72.0 Å². The van der Waals surface area contributed by atoms with E-state index in [4.69, 9.17) is 18.9 Å². The monoisotopic (exact) mass is 671 g/mol. The summed E-state index contributed by atoms with van der Waals surface area (Å²) in [5, 5.41) is 3.07. The molecule has 11 nitrogen and oxygen atoms in total. The van der Waals surface area contributed by atoms with E-state index in [1.165, 1.54) is 87.9 Å². The van der Waals surface area contributed by atoms with Gasteiger partial charge in [-0.25, -0.2) is 12.8 Å². The Kier molecular flexibility index (Phi) is 11.9. The molecule has 3 aromatic rings. The predicted molar refractivity (Wildman–Crippen MR) is 175 cm³/mol. The summed E-state index contributed by atoms with van der Waals surface area (Å²) in [6, 6.07) is 13.4. The van der Waals surface area contributed by atoms with Crippen molar-refractivity contribution in [1.82, 2.24) is 10.2 Å². The lowest BCUT2D eigenvalue weighted by Gasteiger charge is -2.34. The van der Waals surface area contributed by atoms with Gasteiger partial charge in [0.1, 0.15) is 29.9 Å². The molecule has 0 aromatic heterocycles.